The van der Waals surface area contributed by atoms with Crippen LogP contribution in [-0.2, 0) is 11.0 Å². The van der Waals surface area contributed by atoms with Crippen LogP contribution in [0.5, 0.6) is 0 Å². The lowest BCUT2D eigenvalue weighted by molar-refractivity contribution is -0.137. The summed E-state index contributed by atoms with van der Waals surface area (Å²) in [4.78, 5) is 26.7. The van der Waals surface area contributed by atoms with Crippen molar-refractivity contribution in [1.29, 1.82) is 0 Å². The smallest absolute Gasteiger partial charge is 0.324 e. The molecule has 2 aromatic carbocycles. The highest BCUT2D eigenvalue weighted by Crippen LogP contribution is 2.35. The molecule has 0 saturated carbocycles. The molecular weight excluding hydrogens is 429 g/mol. The zero-order valence-corrected chi connectivity index (χ0v) is 16.9. The van der Waals surface area contributed by atoms with Gasteiger partial charge in [-0.2, -0.15) is 17.9 Å². The Morgan fingerprint density at radius 2 is 1.77 bits per heavy atom. The first-order chi connectivity index (χ1) is 14.8. The van der Waals surface area contributed by atoms with Gasteiger partial charge < -0.3 is 5.32 Å². The Hall–Kier alpha value is -3.53. The molecule has 6 nitrogen and oxygen atoms in total. The third kappa shape index (κ3) is 4.06. The molecule has 0 saturated heterocycles. The quantitative estimate of drug-likeness (QED) is 0.493. The van der Waals surface area contributed by atoms with Crippen molar-refractivity contribution < 1.29 is 18.0 Å². The van der Waals surface area contributed by atoms with E-state index >= 15 is 0 Å². The van der Waals surface area contributed by atoms with Crippen molar-refractivity contribution >= 4 is 33.1 Å². The van der Waals surface area contributed by atoms with Crippen LogP contribution in [0, 0.1) is 0 Å². The fourth-order valence-electron chi connectivity index (χ4n) is 3.05. The molecule has 2 heterocycles. The van der Waals surface area contributed by atoms with Gasteiger partial charge in [-0.25, -0.2) is 0 Å². The topological polar surface area (TPSA) is 76.9 Å². The van der Waals surface area contributed by atoms with Crippen LogP contribution in [0.2, 0.25) is 0 Å². The van der Waals surface area contributed by atoms with E-state index in [2.05, 4.69) is 15.6 Å². The van der Waals surface area contributed by atoms with E-state index in [1.54, 1.807) is 6.07 Å². The standard InChI is InChI=1S/C21H15F3N4O2S/c1-12(18(29)25-16-10-6-5-9-15(16)21(22,23)24)28-20(30)14-11-17(31-19(14)26-27-28)13-7-3-2-4-8-13/h2-12H,1H3,(H,25,29). The Kier molecular flexibility index (Phi) is 5.32. The third-order valence-electron chi connectivity index (χ3n) is 4.68. The average Bonchev–Trinajstić information content (AvgIpc) is 3.19. The van der Waals surface area contributed by atoms with Crippen molar-refractivity contribution in [1.82, 2.24) is 15.0 Å². The van der Waals surface area contributed by atoms with Gasteiger partial charge in [-0.05, 0) is 30.7 Å². The van der Waals surface area contributed by atoms with Gasteiger partial charge in [0.05, 0.1) is 16.6 Å². The van der Waals surface area contributed by atoms with E-state index in [1.807, 2.05) is 30.3 Å². The number of halogens is 3. The van der Waals surface area contributed by atoms with E-state index in [1.165, 1.54) is 30.4 Å². The third-order valence-corrected chi connectivity index (χ3v) is 5.75. The molecule has 1 unspecified atom stereocenters. The maximum Gasteiger partial charge on any atom is 0.418 e. The van der Waals surface area contributed by atoms with Gasteiger partial charge in [-0.3, -0.25) is 9.59 Å². The Labute approximate surface area is 178 Å². The Morgan fingerprint density at radius 3 is 2.48 bits per heavy atom. The summed E-state index contributed by atoms with van der Waals surface area (Å²) in [5, 5.41) is 10.4. The lowest BCUT2D eigenvalue weighted by Crippen LogP contribution is -2.34. The molecule has 4 aromatic rings. The number of amides is 1. The molecule has 0 radical (unpaired) electrons. The van der Waals surface area contributed by atoms with Gasteiger partial charge >= 0.3 is 6.18 Å². The highest BCUT2D eigenvalue weighted by molar-refractivity contribution is 7.21. The minimum Gasteiger partial charge on any atom is -0.324 e. The predicted molar refractivity (Wildman–Crippen MR) is 112 cm³/mol. The van der Waals surface area contributed by atoms with Gasteiger partial charge in [0.25, 0.3) is 5.56 Å². The maximum atomic E-state index is 13.2. The molecule has 2 aromatic heterocycles. The van der Waals surface area contributed by atoms with Crippen molar-refractivity contribution in [2.24, 2.45) is 0 Å². The molecule has 0 bridgehead atoms. The van der Waals surface area contributed by atoms with Gasteiger partial charge in [0.2, 0.25) is 5.91 Å². The molecule has 0 aliphatic carbocycles. The van der Waals surface area contributed by atoms with Crippen LogP contribution in [0.1, 0.15) is 18.5 Å². The summed E-state index contributed by atoms with van der Waals surface area (Å²) in [5.41, 5.74) is -1.01. The van der Waals surface area contributed by atoms with E-state index < -0.39 is 34.9 Å². The van der Waals surface area contributed by atoms with Gasteiger partial charge in [0.1, 0.15) is 6.04 Å². The van der Waals surface area contributed by atoms with Crippen molar-refractivity contribution in [2.75, 3.05) is 5.32 Å². The van der Waals surface area contributed by atoms with Crippen molar-refractivity contribution in [3.8, 4) is 10.4 Å². The SMILES string of the molecule is CC(C(=O)Nc1ccccc1C(F)(F)F)n1nnc2sc(-c3ccccc3)cc2c1=O. The average molecular weight is 444 g/mol. The van der Waals surface area contributed by atoms with Gasteiger partial charge in [0.15, 0.2) is 4.83 Å². The van der Waals surface area contributed by atoms with E-state index in [9.17, 15) is 22.8 Å². The van der Waals surface area contributed by atoms with Gasteiger partial charge in [-0.15, -0.1) is 16.4 Å². The molecule has 1 amide bonds. The number of aromatic nitrogens is 3. The molecule has 1 atom stereocenters. The monoisotopic (exact) mass is 444 g/mol. The first-order valence-corrected chi connectivity index (χ1v) is 9.99. The number of benzene rings is 2. The molecule has 31 heavy (non-hydrogen) atoms. The number of rotatable bonds is 4. The molecule has 0 fully saturated rings. The maximum absolute atomic E-state index is 13.2. The summed E-state index contributed by atoms with van der Waals surface area (Å²) in [6, 6.07) is 14.5. The van der Waals surface area contributed by atoms with Crippen LogP contribution < -0.4 is 10.9 Å². The molecule has 10 heteroatoms. The summed E-state index contributed by atoms with van der Waals surface area (Å²) >= 11 is 1.29. The second-order valence-corrected chi connectivity index (χ2v) is 7.77. The van der Waals surface area contributed by atoms with E-state index in [0.29, 0.717) is 4.83 Å². The van der Waals surface area contributed by atoms with Crippen LogP contribution in [0.3, 0.4) is 0 Å². The highest BCUT2D eigenvalue weighted by Gasteiger charge is 2.34. The van der Waals surface area contributed by atoms with Gasteiger partial charge in [-0.1, -0.05) is 47.7 Å². The zero-order valence-electron chi connectivity index (χ0n) is 16.1. The predicted octanol–water partition coefficient (Wildman–Crippen LogP) is 4.74. The Balaban J connectivity index is 1.65. The number of para-hydroxylation sites is 1. The van der Waals surface area contributed by atoms with Gasteiger partial charge in [0, 0.05) is 4.88 Å². The summed E-state index contributed by atoms with van der Waals surface area (Å²) in [7, 11) is 0. The minimum atomic E-state index is -4.63. The van der Waals surface area contributed by atoms with E-state index in [-0.39, 0.29) is 5.39 Å². The molecule has 1 N–H and O–H groups in total. The van der Waals surface area contributed by atoms with Crippen LogP contribution in [0.4, 0.5) is 18.9 Å². The van der Waals surface area contributed by atoms with Crippen LogP contribution in [0.15, 0.2) is 65.5 Å². The Bertz CT molecular complexity index is 1320. The van der Waals surface area contributed by atoms with E-state index in [0.717, 1.165) is 27.3 Å². The molecule has 158 valence electrons. The number of fused-ring (bicyclic) bond motifs is 1. The molecule has 0 aliphatic heterocycles. The second kappa shape index (κ2) is 7.95. The summed E-state index contributed by atoms with van der Waals surface area (Å²) in [5.74, 6) is -0.814. The molecule has 0 spiro atoms. The number of anilines is 1. The lowest BCUT2D eigenvalue weighted by Gasteiger charge is -2.16. The largest absolute Gasteiger partial charge is 0.418 e. The van der Waals surface area contributed by atoms with Crippen LogP contribution >= 0.6 is 11.3 Å². The number of nitrogens with one attached hydrogen (secondary N) is 1. The zero-order chi connectivity index (χ0) is 22.2. The van der Waals surface area contributed by atoms with E-state index in [4.69, 9.17) is 0 Å². The fourth-order valence-corrected chi connectivity index (χ4v) is 4.02. The molecule has 0 aliphatic rings. The lowest BCUT2D eigenvalue weighted by atomic mass is 10.1. The molecule has 4 rings (SSSR count). The number of carbonyl (C=O) groups is 1. The highest BCUT2D eigenvalue weighted by atomic mass is 32.1. The van der Waals surface area contributed by atoms with Crippen molar-refractivity contribution in [2.45, 2.75) is 19.1 Å². The summed E-state index contributed by atoms with van der Waals surface area (Å²) in [6.07, 6.45) is -4.63. The number of hydrogen-bond acceptors (Lipinski definition) is 5. The molecular formula is C21H15F3N4O2S. The van der Waals surface area contributed by atoms with Crippen LogP contribution in [-0.4, -0.2) is 20.9 Å². The normalized spacial score (nSPS) is 12.6. The number of alkyl halides is 3. The van der Waals surface area contributed by atoms with Crippen molar-refractivity contribution in [3.63, 3.8) is 0 Å². The minimum absolute atomic E-state index is 0.286. The first-order valence-electron chi connectivity index (χ1n) is 9.17. The summed E-state index contributed by atoms with van der Waals surface area (Å²) < 4.78 is 40.4. The van der Waals surface area contributed by atoms with Crippen molar-refractivity contribution in [3.05, 3.63) is 76.6 Å². The Morgan fingerprint density at radius 1 is 1.10 bits per heavy atom. The van der Waals surface area contributed by atoms with Crippen LogP contribution in [0.25, 0.3) is 20.7 Å². The second-order valence-electron chi connectivity index (χ2n) is 6.74. The first kappa shape index (κ1) is 20.7. The summed E-state index contributed by atoms with van der Waals surface area (Å²) in [6.45, 7) is 1.37. The number of hydrogen-bond donors (Lipinski definition) is 1. The number of thiophene rings is 1. The number of carbonyl (C=O) groups excluding carboxylic acids is 1. The fraction of sp³-hybridized carbons (Fsp3) is 0.143. The number of nitrogens with zero attached hydrogens (tertiary/aromatic N) is 3.